The maximum atomic E-state index is 13.5. The second kappa shape index (κ2) is 11.3. The van der Waals surface area contributed by atoms with E-state index in [-0.39, 0.29) is 29.7 Å². The molecule has 0 bridgehead atoms. The maximum Gasteiger partial charge on any atom is 0.264 e. The molecule has 2 aromatic rings. The Labute approximate surface area is 198 Å². The summed E-state index contributed by atoms with van der Waals surface area (Å²) in [6.07, 6.45) is 0.377. The Morgan fingerprint density at radius 2 is 1.97 bits per heavy atom. The summed E-state index contributed by atoms with van der Waals surface area (Å²) in [6.45, 7) is 5.56. The molecule has 2 unspecified atom stereocenters. The molecule has 2 heterocycles. The van der Waals surface area contributed by atoms with Crippen LogP contribution in [0.4, 0.5) is 0 Å². The summed E-state index contributed by atoms with van der Waals surface area (Å²) < 4.78 is 5.20. The molecule has 8 nitrogen and oxygen atoms in total. The number of benzene rings is 1. The number of thiophene rings is 1. The Morgan fingerprint density at radius 3 is 2.55 bits per heavy atom. The third-order valence-corrected chi connectivity index (χ3v) is 6.48. The van der Waals surface area contributed by atoms with E-state index in [0.717, 1.165) is 0 Å². The predicted octanol–water partition coefficient (Wildman–Crippen LogP) is 2.21. The normalized spacial score (nSPS) is 17.8. The number of hydrogen-bond donors (Lipinski definition) is 2. The summed E-state index contributed by atoms with van der Waals surface area (Å²) in [5.41, 5.74) is 6.09. The Balaban J connectivity index is 1.88. The van der Waals surface area contributed by atoms with Gasteiger partial charge in [-0.3, -0.25) is 14.4 Å². The first-order chi connectivity index (χ1) is 15.8. The molecule has 3 N–H and O–H groups in total. The number of nitrogens with one attached hydrogen (secondary N) is 1. The van der Waals surface area contributed by atoms with Crippen LogP contribution >= 0.6 is 11.3 Å². The molecule has 1 aliphatic heterocycles. The molecule has 0 radical (unpaired) electrons. The van der Waals surface area contributed by atoms with Crippen molar-refractivity contribution in [3.63, 3.8) is 0 Å². The molecule has 3 amide bonds. The lowest BCUT2D eigenvalue weighted by Gasteiger charge is -2.30. The largest absolute Gasteiger partial charge is 0.497 e. The van der Waals surface area contributed by atoms with Gasteiger partial charge in [-0.25, -0.2) is 0 Å². The van der Waals surface area contributed by atoms with Gasteiger partial charge in [-0.15, -0.1) is 11.3 Å². The third kappa shape index (κ3) is 5.91. The van der Waals surface area contributed by atoms with Crippen LogP contribution in [0.5, 0.6) is 5.75 Å². The van der Waals surface area contributed by atoms with Crippen LogP contribution in [0.1, 0.15) is 40.3 Å². The summed E-state index contributed by atoms with van der Waals surface area (Å²) in [6, 6.07) is 9.62. The lowest BCUT2D eigenvalue weighted by molar-refractivity contribution is -0.124. The predicted molar refractivity (Wildman–Crippen MR) is 128 cm³/mol. The van der Waals surface area contributed by atoms with Gasteiger partial charge >= 0.3 is 0 Å². The first-order valence-electron chi connectivity index (χ1n) is 11.1. The monoisotopic (exact) mass is 472 g/mol. The van der Waals surface area contributed by atoms with Gasteiger partial charge in [0.2, 0.25) is 5.91 Å². The molecule has 0 aliphatic carbocycles. The summed E-state index contributed by atoms with van der Waals surface area (Å²) in [7, 11) is 1.58. The van der Waals surface area contributed by atoms with Crippen molar-refractivity contribution < 1.29 is 19.1 Å². The fourth-order valence-electron chi connectivity index (χ4n) is 4.06. The molecule has 3 rings (SSSR count). The number of carbonyl (C=O) groups is 3. The summed E-state index contributed by atoms with van der Waals surface area (Å²) >= 11 is 1.34. The summed E-state index contributed by atoms with van der Waals surface area (Å²) in [5, 5.41) is 4.64. The van der Waals surface area contributed by atoms with E-state index in [4.69, 9.17) is 10.5 Å². The van der Waals surface area contributed by atoms with E-state index in [9.17, 15) is 14.4 Å². The van der Waals surface area contributed by atoms with E-state index in [1.807, 2.05) is 25.3 Å². The lowest BCUT2D eigenvalue weighted by atomic mass is 10.1. The highest BCUT2D eigenvalue weighted by Crippen LogP contribution is 2.28. The minimum atomic E-state index is -0.658. The molecule has 1 aromatic heterocycles. The van der Waals surface area contributed by atoms with Crippen LogP contribution in [0.15, 0.2) is 41.8 Å². The standard InChI is InChI=1S/C24H32N4O4S/c1-16(2)14-27(23(30)17-6-8-19(32-3)9-7-17)18-13-20(22(29)26-11-10-25)28(15-18)24(31)21-5-4-12-33-21/h4-9,12,16,18,20H,10-11,13-15,25H2,1-3H3,(H,26,29). The van der Waals surface area contributed by atoms with Gasteiger partial charge in [0, 0.05) is 31.7 Å². The topological polar surface area (TPSA) is 105 Å². The quantitative estimate of drug-likeness (QED) is 0.582. The number of nitrogens with zero attached hydrogens (tertiary/aromatic N) is 2. The molecule has 9 heteroatoms. The van der Waals surface area contributed by atoms with E-state index in [1.54, 1.807) is 47.2 Å². The van der Waals surface area contributed by atoms with Crippen molar-refractivity contribution in [3.8, 4) is 5.75 Å². The van der Waals surface area contributed by atoms with Crippen LogP contribution in [0.25, 0.3) is 0 Å². The van der Waals surface area contributed by atoms with Gasteiger partial charge in [-0.05, 0) is 48.1 Å². The smallest absolute Gasteiger partial charge is 0.264 e. The van der Waals surface area contributed by atoms with Crippen LogP contribution in [0.2, 0.25) is 0 Å². The molecule has 0 saturated carbocycles. The molecule has 178 valence electrons. The number of carbonyl (C=O) groups excluding carboxylic acids is 3. The number of methoxy groups -OCH3 is 1. The second-order valence-corrected chi connectivity index (χ2v) is 9.45. The van der Waals surface area contributed by atoms with Crippen molar-refractivity contribution in [2.45, 2.75) is 32.4 Å². The van der Waals surface area contributed by atoms with Crippen LogP contribution in [0, 0.1) is 5.92 Å². The molecule has 1 fully saturated rings. The highest BCUT2D eigenvalue weighted by atomic mass is 32.1. The Kier molecular flexibility index (Phi) is 8.46. The minimum Gasteiger partial charge on any atom is -0.497 e. The Morgan fingerprint density at radius 1 is 1.24 bits per heavy atom. The number of hydrogen-bond acceptors (Lipinski definition) is 6. The van der Waals surface area contributed by atoms with Gasteiger partial charge in [0.05, 0.1) is 18.0 Å². The van der Waals surface area contributed by atoms with Crippen LogP contribution < -0.4 is 15.8 Å². The van der Waals surface area contributed by atoms with Gasteiger partial charge in [-0.1, -0.05) is 19.9 Å². The molecule has 1 aliphatic rings. The maximum absolute atomic E-state index is 13.5. The fourth-order valence-corrected chi connectivity index (χ4v) is 4.74. The number of likely N-dealkylation sites (tertiary alicyclic amines) is 1. The van der Waals surface area contributed by atoms with E-state index in [2.05, 4.69) is 5.32 Å². The zero-order valence-corrected chi connectivity index (χ0v) is 20.1. The highest BCUT2D eigenvalue weighted by Gasteiger charge is 2.43. The second-order valence-electron chi connectivity index (χ2n) is 8.50. The van der Waals surface area contributed by atoms with E-state index in [1.165, 1.54) is 11.3 Å². The van der Waals surface area contributed by atoms with Crippen molar-refractivity contribution in [1.29, 1.82) is 0 Å². The zero-order chi connectivity index (χ0) is 24.0. The van der Waals surface area contributed by atoms with Crippen molar-refractivity contribution >= 4 is 29.1 Å². The van der Waals surface area contributed by atoms with Gasteiger partial charge in [0.25, 0.3) is 11.8 Å². The summed E-state index contributed by atoms with van der Waals surface area (Å²) in [4.78, 5) is 43.6. The number of ether oxygens (including phenoxy) is 1. The van der Waals surface area contributed by atoms with Gasteiger partial charge in [0.1, 0.15) is 11.8 Å². The van der Waals surface area contributed by atoms with Crippen molar-refractivity contribution in [2.24, 2.45) is 11.7 Å². The van der Waals surface area contributed by atoms with Crippen LogP contribution in [-0.4, -0.2) is 72.9 Å². The summed E-state index contributed by atoms with van der Waals surface area (Å²) in [5.74, 6) is 0.338. The SMILES string of the molecule is COc1ccc(C(=O)N(CC(C)C)C2CC(C(=O)NCCN)N(C(=O)c3cccs3)C2)cc1. The van der Waals surface area contributed by atoms with Crippen molar-refractivity contribution in [3.05, 3.63) is 52.2 Å². The van der Waals surface area contributed by atoms with E-state index < -0.39 is 6.04 Å². The number of nitrogens with two attached hydrogens (primary N) is 1. The van der Waals surface area contributed by atoms with Crippen LogP contribution in [-0.2, 0) is 4.79 Å². The molecular weight excluding hydrogens is 440 g/mol. The van der Waals surface area contributed by atoms with Gasteiger partial charge in [-0.2, -0.15) is 0 Å². The molecule has 33 heavy (non-hydrogen) atoms. The van der Waals surface area contributed by atoms with Crippen molar-refractivity contribution in [2.75, 3.05) is 33.3 Å². The molecule has 1 saturated heterocycles. The average Bonchev–Trinajstić information content (AvgIpc) is 3.51. The van der Waals surface area contributed by atoms with Gasteiger partial charge in [0.15, 0.2) is 0 Å². The van der Waals surface area contributed by atoms with Gasteiger partial charge < -0.3 is 25.6 Å². The third-order valence-electron chi connectivity index (χ3n) is 5.62. The molecular formula is C24H32N4O4S. The van der Waals surface area contributed by atoms with Crippen LogP contribution in [0.3, 0.4) is 0 Å². The first kappa shape index (κ1) is 24.7. The number of amides is 3. The Hall–Kier alpha value is -2.91. The highest BCUT2D eigenvalue weighted by molar-refractivity contribution is 7.12. The van der Waals surface area contributed by atoms with Crippen molar-refractivity contribution in [1.82, 2.24) is 15.1 Å². The average molecular weight is 473 g/mol. The van der Waals surface area contributed by atoms with E-state index in [0.29, 0.717) is 48.8 Å². The first-order valence-corrected chi connectivity index (χ1v) is 12.0. The minimum absolute atomic E-state index is 0.122. The number of rotatable bonds is 9. The fraction of sp³-hybridized carbons (Fsp3) is 0.458. The van der Waals surface area contributed by atoms with E-state index >= 15 is 0 Å². The molecule has 0 spiro atoms. The zero-order valence-electron chi connectivity index (χ0n) is 19.3. The molecule has 2 atom stereocenters. The Bertz CT molecular complexity index is 946. The lowest BCUT2D eigenvalue weighted by Crippen LogP contribution is -2.47. The molecule has 1 aromatic carbocycles.